The van der Waals surface area contributed by atoms with E-state index < -0.39 is 0 Å². The number of fused-ring (bicyclic) bond motifs is 1. The normalized spacial score (nSPS) is 17.3. The van der Waals surface area contributed by atoms with E-state index in [1.165, 1.54) is 30.5 Å². The second-order valence-electron chi connectivity index (χ2n) is 9.15. The summed E-state index contributed by atoms with van der Waals surface area (Å²) in [6.45, 7) is 3.24. The summed E-state index contributed by atoms with van der Waals surface area (Å²) in [4.78, 5) is 23.3. The van der Waals surface area contributed by atoms with Crippen LogP contribution in [0.3, 0.4) is 0 Å². The molecule has 1 aromatic carbocycles. The summed E-state index contributed by atoms with van der Waals surface area (Å²) in [7, 11) is 1.69. The van der Waals surface area contributed by atoms with Crippen molar-refractivity contribution >= 4 is 0 Å². The first kappa shape index (κ1) is 21.0. The van der Waals surface area contributed by atoms with Gasteiger partial charge in [-0.15, -0.1) is 0 Å². The van der Waals surface area contributed by atoms with Crippen molar-refractivity contribution in [3.8, 4) is 5.75 Å². The van der Waals surface area contributed by atoms with Gasteiger partial charge in [0.05, 0.1) is 18.4 Å². The van der Waals surface area contributed by atoms with E-state index in [-0.39, 0.29) is 5.56 Å². The number of hydrogen-bond donors (Lipinski definition) is 1. The summed E-state index contributed by atoms with van der Waals surface area (Å²) in [6, 6.07) is 12.5. The van der Waals surface area contributed by atoms with Crippen LogP contribution in [-0.2, 0) is 26.1 Å². The van der Waals surface area contributed by atoms with Crippen LogP contribution in [-0.4, -0.2) is 33.1 Å². The Morgan fingerprint density at radius 2 is 1.91 bits per heavy atom. The van der Waals surface area contributed by atoms with Crippen molar-refractivity contribution in [1.29, 1.82) is 0 Å². The quantitative estimate of drug-likeness (QED) is 0.633. The summed E-state index contributed by atoms with van der Waals surface area (Å²) in [5.41, 5.74) is 4.42. The number of H-pyrrole nitrogens is 1. The van der Waals surface area contributed by atoms with Crippen LogP contribution < -0.4 is 10.3 Å². The van der Waals surface area contributed by atoms with Crippen molar-refractivity contribution in [2.75, 3.05) is 13.7 Å². The van der Waals surface area contributed by atoms with E-state index in [0.29, 0.717) is 12.5 Å². The van der Waals surface area contributed by atoms with Gasteiger partial charge in [-0.05, 0) is 42.7 Å². The zero-order valence-corrected chi connectivity index (χ0v) is 18.8. The maximum atomic E-state index is 12.9. The van der Waals surface area contributed by atoms with E-state index >= 15 is 0 Å². The number of aromatic amines is 1. The minimum absolute atomic E-state index is 0.0638. The third kappa shape index (κ3) is 4.51. The number of methoxy groups -OCH3 is 1. The second kappa shape index (κ2) is 9.33. The summed E-state index contributed by atoms with van der Waals surface area (Å²) < 4.78 is 7.55. The molecule has 0 radical (unpaired) electrons. The highest BCUT2D eigenvalue weighted by Crippen LogP contribution is 2.31. The fourth-order valence-electron chi connectivity index (χ4n) is 5.11. The van der Waals surface area contributed by atoms with E-state index in [0.717, 1.165) is 61.7 Å². The molecule has 6 heteroatoms. The molecule has 1 fully saturated rings. The third-order valence-corrected chi connectivity index (χ3v) is 6.98. The molecule has 0 unspecified atom stereocenters. The lowest BCUT2D eigenvalue weighted by Crippen LogP contribution is -2.36. The van der Waals surface area contributed by atoms with Crippen LogP contribution in [0.4, 0.5) is 0 Å². The van der Waals surface area contributed by atoms with Gasteiger partial charge >= 0.3 is 0 Å². The van der Waals surface area contributed by atoms with Crippen molar-refractivity contribution in [1.82, 2.24) is 19.4 Å². The van der Waals surface area contributed by atoms with Crippen molar-refractivity contribution < 1.29 is 4.74 Å². The molecule has 2 aromatic heterocycles. The number of rotatable bonds is 6. The van der Waals surface area contributed by atoms with Crippen LogP contribution in [0.5, 0.6) is 5.75 Å². The Morgan fingerprint density at radius 1 is 1.09 bits per heavy atom. The van der Waals surface area contributed by atoms with Crippen LogP contribution in [0.2, 0.25) is 0 Å². The van der Waals surface area contributed by atoms with E-state index in [9.17, 15) is 4.79 Å². The Balaban J connectivity index is 1.28. The molecule has 168 valence electrons. The van der Waals surface area contributed by atoms with Crippen LogP contribution in [0.15, 0.2) is 47.4 Å². The van der Waals surface area contributed by atoms with Crippen LogP contribution in [0.25, 0.3) is 0 Å². The second-order valence-corrected chi connectivity index (χ2v) is 9.15. The lowest BCUT2D eigenvalue weighted by molar-refractivity contribution is 0.235. The molecule has 0 atom stereocenters. The smallest absolute Gasteiger partial charge is 0.255 e. The average molecular weight is 433 g/mol. The lowest BCUT2D eigenvalue weighted by Gasteiger charge is -2.29. The molecule has 0 bridgehead atoms. The predicted molar refractivity (Wildman–Crippen MR) is 125 cm³/mol. The molecule has 1 aliphatic heterocycles. The van der Waals surface area contributed by atoms with Gasteiger partial charge in [-0.3, -0.25) is 9.69 Å². The SMILES string of the molecule is COc1ccc(Cn2cccc2CN2CCc3nc(C4CCCCC4)[nH]c(=O)c3C2)cc1. The zero-order chi connectivity index (χ0) is 21.9. The number of benzene rings is 1. The molecule has 6 nitrogen and oxygen atoms in total. The molecule has 0 saturated heterocycles. The van der Waals surface area contributed by atoms with Crippen LogP contribution in [0, 0.1) is 0 Å². The molecule has 1 saturated carbocycles. The monoisotopic (exact) mass is 432 g/mol. The number of nitrogens with zero attached hydrogens (tertiary/aromatic N) is 3. The molecular formula is C26H32N4O2. The van der Waals surface area contributed by atoms with Crippen molar-refractivity contribution in [2.24, 2.45) is 0 Å². The molecule has 0 spiro atoms. The first-order valence-corrected chi connectivity index (χ1v) is 11.8. The van der Waals surface area contributed by atoms with Gasteiger partial charge < -0.3 is 14.3 Å². The van der Waals surface area contributed by atoms with Gasteiger partial charge in [-0.25, -0.2) is 4.98 Å². The minimum Gasteiger partial charge on any atom is -0.497 e. The van der Waals surface area contributed by atoms with Gasteiger partial charge in [-0.1, -0.05) is 31.4 Å². The van der Waals surface area contributed by atoms with E-state index in [1.807, 2.05) is 12.1 Å². The first-order valence-electron chi connectivity index (χ1n) is 11.8. The summed E-state index contributed by atoms with van der Waals surface area (Å²) in [5.74, 6) is 2.23. The van der Waals surface area contributed by atoms with Crippen LogP contribution in [0.1, 0.15) is 66.4 Å². The molecule has 3 heterocycles. The average Bonchev–Trinajstić information content (AvgIpc) is 3.26. The van der Waals surface area contributed by atoms with Crippen molar-refractivity contribution in [2.45, 2.75) is 64.1 Å². The van der Waals surface area contributed by atoms with Crippen LogP contribution >= 0.6 is 0 Å². The number of nitrogens with one attached hydrogen (secondary N) is 1. The van der Waals surface area contributed by atoms with Gasteiger partial charge in [-0.2, -0.15) is 0 Å². The standard InChI is InChI=1S/C26H32N4O2/c1-32-22-11-9-19(10-12-22)16-30-14-5-8-21(30)17-29-15-13-24-23(18-29)26(31)28-25(27-24)20-6-3-2-4-7-20/h5,8-12,14,20H,2-4,6-7,13,15-18H2,1H3,(H,27,28,31). The zero-order valence-electron chi connectivity index (χ0n) is 18.8. The molecule has 32 heavy (non-hydrogen) atoms. The Morgan fingerprint density at radius 3 is 2.69 bits per heavy atom. The number of aromatic nitrogens is 3. The summed E-state index contributed by atoms with van der Waals surface area (Å²) in [6.07, 6.45) is 9.07. The Kier molecular flexibility index (Phi) is 6.12. The Bertz CT molecular complexity index is 1110. The predicted octanol–water partition coefficient (Wildman–Crippen LogP) is 4.23. The van der Waals surface area contributed by atoms with Crippen molar-refractivity contribution in [3.05, 3.63) is 81.3 Å². The molecule has 5 rings (SSSR count). The maximum absolute atomic E-state index is 12.9. The summed E-state index contributed by atoms with van der Waals surface area (Å²) >= 11 is 0. The van der Waals surface area contributed by atoms with Gasteiger partial charge in [0.1, 0.15) is 11.6 Å². The Hall–Kier alpha value is -2.86. The third-order valence-electron chi connectivity index (χ3n) is 6.98. The van der Waals surface area contributed by atoms with E-state index in [4.69, 9.17) is 9.72 Å². The van der Waals surface area contributed by atoms with E-state index in [2.05, 4.69) is 44.9 Å². The molecule has 0 amide bonds. The number of hydrogen-bond acceptors (Lipinski definition) is 4. The summed E-state index contributed by atoms with van der Waals surface area (Å²) in [5, 5.41) is 0. The first-order chi connectivity index (χ1) is 15.7. The highest BCUT2D eigenvalue weighted by Gasteiger charge is 2.25. The fraction of sp³-hybridized carbons (Fsp3) is 0.462. The number of ether oxygens (including phenoxy) is 1. The molecule has 3 aromatic rings. The molecule has 1 N–H and O–H groups in total. The molecule has 1 aliphatic carbocycles. The fourth-order valence-corrected chi connectivity index (χ4v) is 5.11. The van der Waals surface area contributed by atoms with Gasteiger partial charge in [0.15, 0.2) is 0 Å². The highest BCUT2D eigenvalue weighted by atomic mass is 16.5. The molecule has 2 aliphatic rings. The molecular weight excluding hydrogens is 400 g/mol. The van der Waals surface area contributed by atoms with Gasteiger partial charge in [0.25, 0.3) is 5.56 Å². The lowest BCUT2D eigenvalue weighted by atomic mass is 9.88. The van der Waals surface area contributed by atoms with Crippen molar-refractivity contribution in [3.63, 3.8) is 0 Å². The highest BCUT2D eigenvalue weighted by molar-refractivity contribution is 5.28. The maximum Gasteiger partial charge on any atom is 0.255 e. The largest absolute Gasteiger partial charge is 0.497 e. The van der Waals surface area contributed by atoms with Gasteiger partial charge in [0.2, 0.25) is 0 Å². The topological polar surface area (TPSA) is 63.1 Å². The minimum atomic E-state index is 0.0638. The van der Waals surface area contributed by atoms with E-state index in [1.54, 1.807) is 7.11 Å². The Labute approximate surface area is 189 Å². The van der Waals surface area contributed by atoms with Gasteiger partial charge in [0, 0.05) is 50.4 Å².